The minimum absolute atomic E-state index is 0. The van der Waals surface area contributed by atoms with Gasteiger partial charge < -0.3 is 27.0 Å². The highest BCUT2D eigenvalue weighted by Crippen LogP contribution is 2.41. The van der Waals surface area contributed by atoms with Crippen LogP contribution in [0.4, 0.5) is 19.3 Å². The Bertz CT molecular complexity index is 2000. The summed E-state index contributed by atoms with van der Waals surface area (Å²) in [5, 5.41) is 30.4. The number of thiazole rings is 1. The molecule has 49 heavy (non-hydrogen) atoms. The Labute approximate surface area is 290 Å². The summed E-state index contributed by atoms with van der Waals surface area (Å²) in [6.45, 7) is 4.19. The van der Waals surface area contributed by atoms with Gasteiger partial charge in [0, 0.05) is 40.0 Å². The minimum Gasteiger partial charge on any atom is -1.00 e. The van der Waals surface area contributed by atoms with Gasteiger partial charge in [0.15, 0.2) is 0 Å². The number of nitrogens with zero attached hydrogens (tertiary/aromatic N) is 5. The van der Waals surface area contributed by atoms with Gasteiger partial charge >= 0.3 is 12.1 Å². The Morgan fingerprint density at radius 2 is 1.92 bits per heavy atom. The summed E-state index contributed by atoms with van der Waals surface area (Å²) in [5.74, 6) is -2.82. The number of nitrogens with one attached hydrogen (secondary N) is 1. The number of aryl methyl sites for hydroxylation is 1. The summed E-state index contributed by atoms with van der Waals surface area (Å²) < 4.78 is 42.8. The number of halogens is 3. The molecule has 0 aliphatic carbocycles. The maximum absolute atomic E-state index is 15.2. The van der Waals surface area contributed by atoms with Gasteiger partial charge in [0.05, 0.1) is 28.0 Å². The zero-order valence-corrected chi connectivity index (χ0v) is 28.1. The first-order valence-electron chi connectivity index (χ1n) is 14.7. The molecule has 0 aliphatic rings. The van der Waals surface area contributed by atoms with Crippen molar-refractivity contribution in [2.75, 3.05) is 5.32 Å². The molecule has 0 aliphatic heterocycles. The molecule has 15 heteroatoms. The SMILES string of the molecule is CC(=O)OCc1c(C)cccc1NC(=O)OC[n+]1cnn(C[C@](O)(c2cc(F)ccc2F)[C@@H](C)c2nc(-c3ccc(C#N)cc3)cs2)c1.[Cl-]. The fraction of sp³-hybridized carbons (Fsp3) is 0.235. The third-order valence-electron chi connectivity index (χ3n) is 7.76. The summed E-state index contributed by atoms with van der Waals surface area (Å²) in [4.78, 5) is 28.6. The van der Waals surface area contributed by atoms with Crippen LogP contribution in [0.2, 0.25) is 0 Å². The third-order valence-corrected chi connectivity index (χ3v) is 8.79. The molecular formula is C34H31ClF2N6O5S. The molecule has 11 nitrogen and oxygen atoms in total. The second-order valence-corrected chi connectivity index (χ2v) is 11.9. The number of aliphatic hydroxyl groups is 1. The van der Waals surface area contributed by atoms with Gasteiger partial charge in [-0.05, 0) is 48.9 Å². The molecule has 5 rings (SSSR count). The van der Waals surface area contributed by atoms with Crippen LogP contribution in [0.5, 0.6) is 0 Å². The van der Waals surface area contributed by atoms with Crippen molar-refractivity contribution in [1.29, 1.82) is 5.26 Å². The molecule has 3 aromatic carbocycles. The molecule has 0 unspecified atom stereocenters. The van der Waals surface area contributed by atoms with E-state index in [2.05, 4.69) is 21.5 Å². The molecule has 0 spiro atoms. The van der Waals surface area contributed by atoms with Gasteiger partial charge in [-0.15, -0.1) is 16.0 Å². The first-order chi connectivity index (χ1) is 23.0. The lowest BCUT2D eigenvalue weighted by Gasteiger charge is -2.32. The first-order valence-corrected chi connectivity index (χ1v) is 15.6. The molecule has 0 radical (unpaired) electrons. The van der Waals surface area contributed by atoms with E-state index >= 15 is 4.39 Å². The molecule has 2 aromatic heterocycles. The number of carbonyl (C=O) groups excluding carboxylic acids is 2. The smallest absolute Gasteiger partial charge is 0.414 e. The van der Waals surface area contributed by atoms with Crippen molar-refractivity contribution in [3.05, 3.63) is 118 Å². The van der Waals surface area contributed by atoms with Crippen molar-refractivity contribution in [1.82, 2.24) is 14.8 Å². The van der Waals surface area contributed by atoms with Gasteiger partial charge in [0.1, 0.15) is 30.4 Å². The number of benzene rings is 3. The summed E-state index contributed by atoms with van der Waals surface area (Å²) in [6, 6.07) is 17.0. The lowest BCUT2D eigenvalue weighted by Crippen LogP contribution is -3.00. The van der Waals surface area contributed by atoms with Crippen molar-refractivity contribution in [3.8, 4) is 17.3 Å². The number of anilines is 1. The van der Waals surface area contributed by atoms with E-state index in [0.717, 1.165) is 29.3 Å². The zero-order valence-electron chi connectivity index (χ0n) is 26.6. The normalized spacial score (nSPS) is 12.6. The number of esters is 1. The molecule has 0 bridgehead atoms. The largest absolute Gasteiger partial charge is 1.00 e. The van der Waals surface area contributed by atoms with Crippen molar-refractivity contribution in [2.24, 2.45) is 0 Å². The number of aromatic nitrogens is 4. The predicted molar refractivity (Wildman–Crippen MR) is 170 cm³/mol. The van der Waals surface area contributed by atoms with Crippen LogP contribution in [0, 0.1) is 29.9 Å². The fourth-order valence-electron chi connectivity index (χ4n) is 5.05. The summed E-state index contributed by atoms with van der Waals surface area (Å²) in [6.07, 6.45) is 2.02. The highest BCUT2D eigenvalue weighted by atomic mass is 35.5. The Kier molecular flexibility index (Phi) is 11.8. The van der Waals surface area contributed by atoms with Crippen LogP contribution >= 0.6 is 11.3 Å². The van der Waals surface area contributed by atoms with Crippen LogP contribution in [0.15, 0.2) is 78.7 Å². The number of hydrogen-bond acceptors (Lipinski definition) is 9. The van der Waals surface area contributed by atoms with Gasteiger partial charge in [-0.1, -0.05) is 31.2 Å². The molecule has 2 N–H and O–H groups in total. The Morgan fingerprint density at radius 3 is 2.63 bits per heavy atom. The molecule has 2 heterocycles. The van der Waals surface area contributed by atoms with E-state index in [1.807, 2.05) is 13.0 Å². The van der Waals surface area contributed by atoms with Gasteiger partial charge in [-0.3, -0.25) is 10.1 Å². The topological polar surface area (TPSA) is 143 Å². The maximum atomic E-state index is 15.2. The fourth-order valence-corrected chi connectivity index (χ4v) is 6.02. The molecular weight excluding hydrogens is 678 g/mol. The van der Waals surface area contributed by atoms with E-state index in [9.17, 15) is 19.1 Å². The number of nitriles is 1. The maximum Gasteiger partial charge on any atom is 0.414 e. The molecule has 254 valence electrons. The highest BCUT2D eigenvalue weighted by molar-refractivity contribution is 7.10. The van der Waals surface area contributed by atoms with Gasteiger partial charge in [0.2, 0.25) is 13.1 Å². The van der Waals surface area contributed by atoms with Gasteiger partial charge in [0.25, 0.3) is 6.33 Å². The second-order valence-electron chi connectivity index (χ2n) is 11.1. The molecule has 0 saturated carbocycles. The molecule has 0 fully saturated rings. The predicted octanol–water partition coefficient (Wildman–Crippen LogP) is 2.72. The standard InChI is InChI=1S/C34H30F2N6O5S.ClH/c1-21-5-4-6-30(27(21)15-46-23(3)43)40-33(44)47-20-41-18-38-42(19-41)17-34(45,28-13-26(35)11-12-29(28)36)22(2)32-39-31(16-48-32)25-9-7-24(14-37)8-10-25;/h4-13,16,18-19,22,45H,15,17,20H2,1-3H3;1H/t22-,34+;/m0./s1. The quantitative estimate of drug-likeness (QED) is 0.158. The molecule has 1 amide bonds. The van der Waals surface area contributed by atoms with E-state index in [-0.39, 0.29) is 37.9 Å². The second kappa shape index (κ2) is 15.8. The number of ether oxygens (including phenoxy) is 2. The number of rotatable bonds is 11. The van der Waals surface area contributed by atoms with Gasteiger partial charge in [-0.25, -0.2) is 23.1 Å². The van der Waals surface area contributed by atoms with E-state index in [0.29, 0.717) is 27.5 Å². The third kappa shape index (κ3) is 8.63. The molecule has 5 aromatic rings. The Hall–Kier alpha value is -5.23. The Morgan fingerprint density at radius 1 is 1.16 bits per heavy atom. The van der Waals surface area contributed by atoms with Crippen LogP contribution in [-0.4, -0.2) is 31.9 Å². The first kappa shape index (κ1) is 36.6. The highest BCUT2D eigenvalue weighted by Gasteiger charge is 2.43. The lowest BCUT2D eigenvalue weighted by atomic mass is 9.82. The average Bonchev–Trinajstić information content (AvgIpc) is 3.74. The van der Waals surface area contributed by atoms with Crippen LogP contribution in [0.25, 0.3) is 11.3 Å². The van der Waals surface area contributed by atoms with Crippen LogP contribution in [-0.2, 0) is 39.8 Å². The lowest BCUT2D eigenvalue weighted by molar-refractivity contribution is -0.727. The van der Waals surface area contributed by atoms with Crippen molar-refractivity contribution < 1.29 is 49.9 Å². The molecule has 0 saturated heterocycles. The average molecular weight is 709 g/mol. The van der Waals surface area contributed by atoms with Crippen molar-refractivity contribution in [2.45, 2.75) is 52.2 Å². The van der Waals surface area contributed by atoms with E-state index < -0.39 is 35.2 Å². The van der Waals surface area contributed by atoms with Crippen LogP contribution in [0.1, 0.15) is 47.0 Å². The summed E-state index contributed by atoms with van der Waals surface area (Å²) in [7, 11) is 0. The van der Waals surface area contributed by atoms with E-state index in [1.165, 1.54) is 40.2 Å². The van der Waals surface area contributed by atoms with E-state index in [1.54, 1.807) is 48.7 Å². The van der Waals surface area contributed by atoms with Crippen molar-refractivity contribution >= 4 is 29.1 Å². The van der Waals surface area contributed by atoms with E-state index in [4.69, 9.17) is 14.7 Å². The van der Waals surface area contributed by atoms with Gasteiger partial charge in [-0.2, -0.15) is 5.26 Å². The monoisotopic (exact) mass is 708 g/mol. The van der Waals surface area contributed by atoms with Crippen molar-refractivity contribution in [3.63, 3.8) is 0 Å². The van der Waals surface area contributed by atoms with Crippen LogP contribution < -0.4 is 22.3 Å². The number of carbonyl (C=O) groups is 2. The Balaban J connectivity index is 0.00000541. The summed E-state index contributed by atoms with van der Waals surface area (Å²) in [5.41, 5.74) is 1.41. The summed E-state index contributed by atoms with van der Waals surface area (Å²) >= 11 is 1.25. The van der Waals surface area contributed by atoms with Crippen LogP contribution in [0.3, 0.4) is 0 Å². The number of amides is 1. The number of hydrogen-bond donors (Lipinski definition) is 2. The minimum atomic E-state index is -2.02. The molecule has 2 atom stereocenters. The zero-order chi connectivity index (χ0) is 34.4.